The second-order valence-electron chi connectivity index (χ2n) is 7.70. The second-order valence-corrected chi connectivity index (χ2v) is 7.70. The second kappa shape index (κ2) is 7.64. The molecule has 2 fully saturated rings. The van der Waals surface area contributed by atoms with Gasteiger partial charge in [0.25, 0.3) is 0 Å². The smallest absolute Gasteiger partial charge is 0.410 e. The molecule has 2 atom stereocenters. The maximum Gasteiger partial charge on any atom is 0.410 e. The standard InChI is InChI=1S/C17H31NO4/c1-17(2,3)22-16(20)18-11-14(10-15(18)12-19)5-4-13-6-8-21-9-7-13/h13-15,19H,4-12H2,1-3H3/t14?,15-/m0/s1. The number of nitrogens with zero attached hydrogens (tertiary/aromatic N) is 1. The highest BCUT2D eigenvalue weighted by Gasteiger charge is 2.37. The maximum absolute atomic E-state index is 12.3. The largest absolute Gasteiger partial charge is 0.444 e. The fourth-order valence-corrected chi connectivity index (χ4v) is 3.45. The molecule has 0 bridgehead atoms. The Bertz CT molecular complexity index is 360. The quantitative estimate of drug-likeness (QED) is 0.867. The van der Waals surface area contributed by atoms with Crippen LogP contribution in [0.25, 0.3) is 0 Å². The van der Waals surface area contributed by atoms with Crippen molar-refractivity contribution in [3.05, 3.63) is 0 Å². The van der Waals surface area contributed by atoms with Crippen LogP contribution < -0.4 is 0 Å². The molecule has 2 aliphatic rings. The minimum absolute atomic E-state index is 0.0208. The van der Waals surface area contributed by atoms with E-state index in [9.17, 15) is 9.90 Å². The van der Waals surface area contributed by atoms with Crippen LogP contribution in [0.5, 0.6) is 0 Å². The van der Waals surface area contributed by atoms with Crippen molar-refractivity contribution in [3.8, 4) is 0 Å². The molecule has 5 nitrogen and oxygen atoms in total. The third kappa shape index (κ3) is 5.13. The minimum atomic E-state index is -0.489. The summed E-state index contributed by atoms with van der Waals surface area (Å²) < 4.78 is 10.9. The highest BCUT2D eigenvalue weighted by Crippen LogP contribution is 2.31. The van der Waals surface area contributed by atoms with E-state index in [0.29, 0.717) is 12.5 Å². The van der Waals surface area contributed by atoms with Gasteiger partial charge >= 0.3 is 6.09 Å². The van der Waals surface area contributed by atoms with E-state index in [1.807, 2.05) is 20.8 Å². The summed E-state index contributed by atoms with van der Waals surface area (Å²) in [4.78, 5) is 14.0. The van der Waals surface area contributed by atoms with Crippen molar-refractivity contribution < 1.29 is 19.4 Å². The van der Waals surface area contributed by atoms with Gasteiger partial charge in [0, 0.05) is 19.8 Å². The number of aliphatic hydroxyl groups excluding tert-OH is 1. The van der Waals surface area contributed by atoms with Crippen LogP contribution in [0.4, 0.5) is 4.79 Å². The summed E-state index contributed by atoms with van der Waals surface area (Å²) in [6.45, 7) is 8.13. The van der Waals surface area contributed by atoms with E-state index in [-0.39, 0.29) is 18.7 Å². The van der Waals surface area contributed by atoms with Crippen molar-refractivity contribution in [1.82, 2.24) is 4.90 Å². The Kier molecular flexibility index (Phi) is 6.09. The van der Waals surface area contributed by atoms with E-state index < -0.39 is 5.60 Å². The van der Waals surface area contributed by atoms with Crippen LogP contribution in [0.1, 0.15) is 52.9 Å². The molecule has 0 aromatic carbocycles. The van der Waals surface area contributed by atoms with Crippen LogP contribution in [0.3, 0.4) is 0 Å². The lowest BCUT2D eigenvalue weighted by Crippen LogP contribution is -2.41. The van der Waals surface area contributed by atoms with Crippen LogP contribution in [-0.4, -0.2) is 54.1 Å². The first-order chi connectivity index (χ1) is 10.4. The molecule has 1 unspecified atom stereocenters. The zero-order chi connectivity index (χ0) is 16.2. The van der Waals surface area contributed by atoms with E-state index in [0.717, 1.165) is 44.8 Å². The van der Waals surface area contributed by atoms with Gasteiger partial charge in [-0.1, -0.05) is 0 Å². The van der Waals surface area contributed by atoms with Gasteiger partial charge in [-0.25, -0.2) is 4.79 Å². The number of ether oxygens (including phenoxy) is 2. The third-order valence-electron chi connectivity index (χ3n) is 4.66. The van der Waals surface area contributed by atoms with Crippen molar-refractivity contribution in [2.45, 2.75) is 64.5 Å². The molecule has 0 radical (unpaired) electrons. The van der Waals surface area contributed by atoms with Crippen molar-refractivity contribution in [2.75, 3.05) is 26.4 Å². The number of carbonyl (C=O) groups is 1. The molecule has 0 aliphatic carbocycles. The summed E-state index contributed by atoms with van der Waals surface area (Å²) in [6, 6.07) is -0.0884. The highest BCUT2D eigenvalue weighted by molar-refractivity contribution is 5.69. The zero-order valence-corrected chi connectivity index (χ0v) is 14.2. The summed E-state index contributed by atoms with van der Waals surface area (Å²) in [5, 5.41) is 9.55. The number of hydrogen-bond donors (Lipinski definition) is 1. The van der Waals surface area contributed by atoms with Crippen LogP contribution in [0.2, 0.25) is 0 Å². The zero-order valence-electron chi connectivity index (χ0n) is 14.2. The molecule has 0 saturated carbocycles. The van der Waals surface area contributed by atoms with Crippen LogP contribution in [-0.2, 0) is 9.47 Å². The Morgan fingerprint density at radius 3 is 2.45 bits per heavy atom. The molecule has 2 saturated heterocycles. The number of aliphatic hydroxyl groups is 1. The van der Waals surface area contributed by atoms with Gasteiger partial charge in [-0.15, -0.1) is 0 Å². The van der Waals surface area contributed by atoms with E-state index in [2.05, 4.69) is 0 Å². The number of rotatable bonds is 4. The molecule has 0 aromatic heterocycles. The average Bonchev–Trinajstić information content (AvgIpc) is 2.88. The van der Waals surface area contributed by atoms with E-state index >= 15 is 0 Å². The van der Waals surface area contributed by atoms with E-state index in [4.69, 9.17) is 9.47 Å². The molecule has 1 amide bonds. The van der Waals surface area contributed by atoms with Crippen molar-refractivity contribution >= 4 is 6.09 Å². The predicted molar refractivity (Wildman–Crippen MR) is 84.7 cm³/mol. The molecule has 22 heavy (non-hydrogen) atoms. The Balaban J connectivity index is 1.81. The number of hydrogen-bond acceptors (Lipinski definition) is 4. The summed E-state index contributed by atoms with van der Waals surface area (Å²) in [7, 11) is 0. The van der Waals surface area contributed by atoms with Crippen molar-refractivity contribution in [1.29, 1.82) is 0 Å². The maximum atomic E-state index is 12.3. The van der Waals surface area contributed by atoms with Crippen molar-refractivity contribution in [3.63, 3.8) is 0 Å². The van der Waals surface area contributed by atoms with Gasteiger partial charge in [-0.3, -0.25) is 0 Å². The first kappa shape index (κ1) is 17.5. The third-order valence-corrected chi connectivity index (χ3v) is 4.66. The molecule has 0 spiro atoms. The number of carbonyl (C=O) groups excluding carboxylic acids is 1. The van der Waals surface area contributed by atoms with Gasteiger partial charge in [-0.2, -0.15) is 0 Å². The average molecular weight is 313 g/mol. The topological polar surface area (TPSA) is 59.0 Å². The fourth-order valence-electron chi connectivity index (χ4n) is 3.45. The summed E-state index contributed by atoms with van der Waals surface area (Å²) in [5.41, 5.74) is -0.489. The first-order valence-corrected chi connectivity index (χ1v) is 8.57. The Labute approximate surface area is 134 Å². The highest BCUT2D eigenvalue weighted by atomic mass is 16.6. The predicted octanol–water partition coefficient (Wildman–Crippen LogP) is 2.81. The van der Waals surface area contributed by atoms with Gasteiger partial charge in [-0.05, 0) is 64.7 Å². The SMILES string of the molecule is CC(C)(C)OC(=O)N1CC(CCC2CCOCC2)C[C@H]1CO. The first-order valence-electron chi connectivity index (χ1n) is 8.57. The number of amides is 1. The van der Waals surface area contributed by atoms with Gasteiger partial charge < -0.3 is 19.5 Å². The minimum Gasteiger partial charge on any atom is -0.444 e. The molecule has 1 N–H and O–H groups in total. The number of likely N-dealkylation sites (tertiary alicyclic amines) is 1. The van der Waals surface area contributed by atoms with Crippen LogP contribution in [0, 0.1) is 11.8 Å². The molecule has 2 rings (SSSR count). The van der Waals surface area contributed by atoms with Gasteiger partial charge in [0.1, 0.15) is 5.60 Å². The molecule has 128 valence electrons. The normalized spacial score (nSPS) is 27.2. The van der Waals surface area contributed by atoms with Gasteiger partial charge in [0.05, 0.1) is 12.6 Å². The monoisotopic (exact) mass is 313 g/mol. The molecule has 5 heteroatoms. The lowest BCUT2D eigenvalue weighted by molar-refractivity contribution is 0.0171. The van der Waals surface area contributed by atoms with Gasteiger partial charge in [0.2, 0.25) is 0 Å². The Hall–Kier alpha value is -0.810. The molecule has 0 aromatic rings. The Morgan fingerprint density at radius 2 is 1.86 bits per heavy atom. The summed E-state index contributed by atoms with van der Waals surface area (Å²) in [5.74, 6) is 1.24. The summed E-state index contributed by atoms with van der Waals surface area (Å²) >= 11 is 0. The Morgan fingerprint density at radius 1 is 1.23 bits per heavy atom. The van der Waals surface area contributed by atoms with Gasteiger partial charge in [0.15, 0.2) is 0 Å². The van der Waals surface area contributed by atoms with E-state index in [1.54, 1.807) is 4.90 Å². The lowest BCUT2D eigenvalue weighted by atomic mass is 9.90. The lowest BCUT2D eigenvalue weighted by Gasteiger charge is -2.27. The van der Waals surface area contributed by atoms with Crippen LogP contribution in [0.15, 0.2) is 0 Å². The van der Waals surface area contributed by atoms with Crippen molar-refractivity contribution in [2.24, 2.45) is 11.8 Å². The summed E-state index contributed by atoms with van der Waals surface area (Å²) in [6.07, 6.45) is 5.24. The van der Waals surface area contributed by atoms with Crippen LogP contribution >= 0.6 is 0 Å². The molecular weight excluding hydrogens is 282 g/mol. The fraction of sp³-hybridized carbons (Fsp3) is 0.941. The molecule has 2 heterocycles. The molecular formula is C17H31NO4. The molecule has 2 aliphatic heterocycles. The van der Waals surface area contributed by atoms with E-state index in [1.165, 1.54) is 6.42 Å².